The molecule has 0 radical (unpaired) electrons. The molecule has 0 saturated heterocycles. The lowest BCUT2D eigenvalue weighted by Crippen LogP contribution is -2.37. The van der Waals surface area contributed by atoms with Crippen LogP contribution >= 0.6 is 0 Å². The molecule has 0 spiro atoms. The molecule has 20 heavy (non-hydrogen) atoms. The number of hydrogen-bond acceptors (Lipinski definition) is 3. The molecule has 0 saturated carbocycles. The Hall–Kier alpha value is -1.62. The van der Waals surface area contributed by atoms with Crippen LogP contribution in [0, 0.1) is 6.92 Å². The van der Waals surface area contributed by atoms with Gasteiger partial charge in [-0.1, -0.05) is 23.8 Å². The summed E-state index contributed by atoms with van der Waals surface area (Å²) in [5.74, 6) is -0.349. The molecule has 1 atom stereocenters. The number of allylic oxidation sites excluding steroid dienone is 1. The second kappa shape index (κ2) is 6.70. The van der Waals surface area contributed by atoms with Gasteiger partial charge in [-0.05, 0) is 39.8 Å². The lowest BCUT2D eigenvalue weighted by Gasteiger charge is -2.14. The molecule has 0 aromatic heterocycles. The second-order valence-electron chi connectivity index (χ2n) is 4.94. The molecule has 5 heteroatoms. The van der Waals surface area contributed by atoms with Gasteiger partial charge < -0.3 is 5.32 Å². The summed E-state index contributed by atoms with van der Waals surface area (Å²) in [5, 5.41) is 2.68. The number of aryl methyl sites for hydroxylation is 1. The Labute approximate surface area is 120 Å². The van der Waals surface area contributed by atoms with Crippen molar-refractivity contribution in [2.75, 3.05) is 5.75 Å². The number of rotatable bonds is 5. The lowest BCUT2D eigenvalue weighted by molar-refractivity contribution is -0.117. The first kappa shape index (κ1) is 16.4. The van der Waals surface area contributed by atoms with E-state index in [4.69, 9.17) is 0 Å². The number of benzene rings is 1. The Morgan fingerprint density at radius 3 is 2.35 bits per heavy atom. The third kappa shape index (κ3) is 4.49. The molecule has 1 rings (SSSR count). The van der Waals surface area contributed by atoms with E-state index in [1.807, 2.05) is 6.92 Å². The Bertz CT molecular complexity index is 601. The maximum absolute atomic E-state index is 12.2. The Kier molecular flexibility index (Phi) is 5.51. The van der Waals surface area contributed by atoms with Crippen molar-refractivity contribution in [1.29, 1.82) is 0 Å². The highest BCUT2D eigenvalue weighted by Gasteiger charge is 2.19. The topological polar surface area (TPSA) is 63.2 Å². The fourth-order valence-corrected chi connectivity index (χ4v) is 3.17. The summed E-state index contributed by atoms with van der Waals surface area (Å²) in [6.07, 6.45) is 1.69. The minimum atomic E-state index is -3.39. The molecule has 0 aliphatic carbocycles. The molecule has 0 aliphatic heterocycles. The molecular weight excluding hydrogens is 274 g/mol. The SMILES string of the molecule is C/C=C(/C)C(=O)NC(C)CS(=O)(=O)c1ccc(C)cc1. The van der Waals surface area contributed by atoms with Crippen LogP contribution in [0.4, 0.5) is 0 Å². The Balaban J connectivity index is 2.76. The van der Waals surface area contributed by atoms with Crippen LogP contribution < -0.4 is 5.32 Å². The number of amides is 1. The van der Waals surface area contributed by atoms with Gasteiger partial charge in [-0.3, -0.25) is 4.79 Å². The average molecular weight is 295 g/mol. The first-order valence-electron chi connectivity index (χ1n) is 6.49. The van der Waals surface area contributed by atoms with E-state index in [0.717, 1.165) is 5.56 Å². The van der Waals surface area contributed by atoms with Crippen LogP contribution in [-0.2, 0) is 14.6 Å². The highest BCUT2D eigenvalue weighted by molar-refractivity contribution is 7.91. The number of hydrogen-bond donors (Lipinski definition) is 1. The minimum absolute atomic E-state index is 0.112. The zero-order valence-corrected chi connectivity index (χ0v) is 13.1. The predicted molar refractivity (Wildman–Crippen MR) is 80.3 cm³/mol. The molecule has 1 aromatic carbocycles. The first-order chi connectivity index (χ1) is 9.26. The largest absolute Gasteiger partial charge is 0.349 e. The molecule has 110 valence electrons. The molecule has 1 amide bonds. The van der Waals surface area contributed by atoms with E-state index in [1.54, 1.807) is 51.1 Å². The summed E-state index contributed by atoms with van der Waals surface area (Å²) in [6.45, 7) is 7.05. The normalized spacial score (nSPS) is 13.9. The van der Waals surface area contributed by atoms with Gasteiger partial charge in [-0.15, -0.1) is 0 Å². The van der Waals surface area contributed by atoms with Crippen molar-refractivity contribution in [2.45, 2.75) is 38.6 Å². The van der Waals surface area contributed by atoms with Gasteiger partial charge in [0.25, 0.3) is 0 Å². The molecule has 0 bridgehead atoms. The van der Waals surface area contributed by atoms with Crippen LogP contribution in [0.2, 0.25) is 0 Å². The van der Waals surface area contributed by atoms with Gasteiger partial charge in [0.1, 0.15) is 0 Å². The third-order valence-electron chi connectivity index (χ3n) is 3.02. The van der Waals surface area contributed by atoms with Crippen LogP contribution in [0.1, 0.15) is 26.3 Å². The summed E-state index contributed by atoms with van der Waals surface area (Å²) in [6, 6.07) is 6.27. The van der Waals surface area contributed by atoms with Crippen molar-refractivity contribution < 1.29 is 13.2 Å². The number of carbonyl (C=O) groups excluding carboxylic acids is 1. The van der Waals surface area contributed by atoms with Gasteiger partial charge >= 0.3 is 0 Å². The Morgan fingerprint density at radius 2 is 1.85 bits per heavy atom. The number of nitrogens with one attached hydrogen (secondary N) is 1. The van der Waals surface area contributed by atoms with Gasteiger partial charge in [-0.25, -0.2) is 8.42 Å². The molecular formula is C15H21NO3S. The third-order valence-corrected chi connectivity index (χ3v) is 4.95. The van der Waals surface area contributed by atoms with Crippen LogP contribution in [0.5, 0.6) is 0 Å². The number of carbonyl (C=O) groups is 1. The van der Waals surface area contributed by atoms with E-state index in [2.05, 4.69) is 5.32 Å². The van der Waals surface area contributed by atoms with Gasteiger partial charge in [-0.2, -0.15) is 0 Å². The second-order valence-corrected chi connectivity index (χ2v) is 6.97. The predicted octanol–water partition coefficient (Wildman–Crippen LogP) is 2.24. The molecule has 1 aromatic rings. The van der Waals surface area contributed by atoms with Crippen molar-refractivity contribution in [2.24, 2.45) is 0 Å². The highest BCUT2D eigenvalue weighted by Crippen LogP contribution is 2.13. The lowest BCUT2D eigenvalue weighted by atomic mass is 10.2. The van der Waals surface area contributed by atoms with Gasteiger partial charge in [0.05, 0.1) is 10.6 Å². The molecule has 1 unspecified atom stereocenters. The highest BCUT2D eigenvalue weighted by atomic mass is 32.2. The van der Waals surface area contributed by atoms with E-state index < -0.39 is 15.9 Å². The quantitative estimate of drug-likeness (QED) is 0.847. The first-order valence-corrected chi connectivity index (χ1v) is 8.14. The van der Waals surface area contributed by atoms with Crippen LogP contribution in [-0.4, -0.2) is 26.1 Å². The molecule has 0 aliphatic rings. The standard InChI is InChI=1S/C15H21NO3S/c1-5-12(3)15(17)16-13(4)10-20(18,19)14-8-6-11(2)7-9-14/h5-9,13H,10H2,1-4H3,(H,16,17)/b12-5-. The van der Waals surface area contributed by atoms with Crippen molar-refractivity contribution in [3.63, 3.8) is 0 Å². The van der Waals surface area contributed by atoms with E-state index >= 15 is 0 Å². The van der Waals surface area contributed by atoms with Crippen molar-refractivity contribution in [1.82, 2.24) is 5.32 Å². The van der Waals surface area contributed by atoms with E-state index in [1.165, 1.54) is 0 Å². The summed E-state index contributed by atoms with van der Waals surface area (Å²) < 4.78 is 24.4. The summed E-state index contributed by atoms with van der Waals surface area (Å²) in [7, 11) is -3.39. The van der Waals surface area contributed by atoms with Crippen molar-refractivity contribution >= 4 is 15.7 Å². The zero-order chi connectivity index (χ0) is 15.3. The summed E-state index contributed by atoms with van der Waals surface area (Å²) in [5.41, 5.74) is 1.58. The van der Waals surface area contributed by atoms with Gasteiger partial charge in [0.15, 0.2) is 9.84 Å². The van der Waals surface area contributed by atoms with Crippen LogP contribution in [0.15, 0.2) is 40.8 Å². The summed E-state index contributed by atoms with van der Waals surface area (Å²) in [4.78, 5) is 12.0. The fourth-order valence-electron chi connectivity index (χ4n) is 1.68. The van der Waals surface area contributed by atoms with Gasteiger partial charge in [0.2, 0.25) is 5.91 Å². The fraction of sp³-hybridized carbons (Fsp3) is 0.400. The van der Waals surface area contributed by atoms with Crippen LogP contribution in [0.3, 0.4) is 0 Å². The van der Waals surface area contributed by atoms with E-state index in [0.29, 0.717) is 5.57 Å². The summed E-state index contributed by atoms with van der Waals surface area (Å²) >= 11 is 0. The van der Waals surface area contributed by atoms with Crippen molar-refractivity contribution in [3.8, 4) is 0 Å². The monoisotopic (exact) mass is 295 g/mol. The molecule has 0 heterocycles. The smallest absolute Gasteiger partial charge is 0.246 e. The zero-order valence-electron chi connectivity index (χ0n) is 12.3. The Morgan fingerprint density at radius 1 is 1.30 bits per heavy atom. The average Bonchev–Trinajstić information content (AvgIpc) is 2.37. The van der Waals surface area contributed by atoms with Crippen LogP contribution in [0.25, 0.3) is 0 Å². The van der Waals surface area contributed by atoms with Gasteiger partial charge in [0, 0.05) is 11.6 Å². The van der Waals surface area contributed by atoms with E-state index in [9.17, 15) is 13.2 Å². The maximum Gasteiger partial charge on any atom is 0.246 e. The minimum Gasteiger partial charge on any atom is -0.349 e. The molecule has 4 nitrogen and oxygen atoms in total. The van der Waals surface area contributed by atoms with Crippen molar-refractivity contribution in [3.05, 3.63) is 41.5 Å². The molecule has 1 N–H and O–H groups in total. The van der Waals surface area contributed by atoms with E-state index in [-0.39, 0.29) is 16.6 Å². The maximum atomic E-state index is 12.2. The number of sulfone groups is 1. The molecule has 0 fully saturated rings.